The zero-order valence-electron chi connectivity index (χ0n) is 16.3. The lowest BCUT2D eigenvalue weighted by molar-refractivity contribution is -0.143. The molecule has 1 N–H and O–H groups in total. The number of aliphatic imine (C=N–C) groups is 1. The zero-order chi connectivity index (χ0) is 19.6. The molecule has 0 spiro atoms. The van der Waals surface area contributed by atoms with Gasteiger partial charge in [-0.2, -0.15) is 13.2 Å². The molecule has 0 bridgehead atoms. The van der Waals surface area contributed by atoms with E-state index in [0.717, 1.165) is 23.8 Å². The Morgan fingerprint density at radius 3 is 2.33 bits per heavy atom. The second-order valence-corrected chi connectivity index (χ2v) is 6.15. The minimum absolute atomic E-state index is 0. The summed E-state index contributed by atoms with van der Waals surface area (Å²) in [6.07, 6.45) is -3.59. The van der Waals surface area contributed by atoms with Crippen molar-refractivity contribution in [3.8, 4) is 5.75 Å². The lowest BCUT2D eigenvalue weighted by atomic mass is 10.2. The van der Waals surface area contributed by atoms with E-state index >= 15 is 0 Å². The van der Waals surface area contributed by atoms with E-state index in [0.29, 0.717) is 26.1 Å². The van der Waals surface area contributed by atoms with Gasteiger partial charge in [-0.1, -0.05) is 12.1 Å². The molecule has 0 aromatic heterocycles. The normalized spacial score (nSPS) is 11.9. The van der Waals surface area contributed by atoms with Crippen LogP contribution in [-0.4, -0.2) is 69.3 Å². The maximum Gasteiger partial charge on any atom is 0.401 e. The van der Waals surface area contributed by atoms with Gasteiger partial charge in [0, 0.05) is 26.7 Å². The summed E-state index contributed by atoms with van der Waals surface area (Å²) in [5.41, 5.74) is 1.11. The molecule has 0 amide bonds. The Hall–Kier alpha value is -1.23. The van der Waals surface area contributed by atoms with Crippen LogP contribution in [-0.2, 0) is 6.54 Å². The first kappa shape index (κ1) is 25.8. The fourth-order valence-electron chi connectivity index (χ4n) is 2.46. The van der Waals surface area contributed by atoms with Gasteiger partial charge >= 0.3 is 6.18 Å². The molecular formula is C18H30F3IN4O. The van der Waals surface area contributed by atoms with Crippen molar-refractivity contribution in [1.82, 2.24) is 15.1 Å². The zero-order valence-corrected chi connectivity index (χ0v) is 18.7. The number of nitrogens with zero attached hydrogens (tertiary/aromatic N) is 3. The molecule has 0 radical (unpaired) electrons. The monoisotopic (exact) mass is 502 g/mol. The number of alkyl halides is 3. The fourth-order valence-corrected chi connectivity index (χ4v) is 2.46. The van der Waals surface area contributed by atoms with Crippen LogP contribution in [0.3, 0.4) is 0 Å². The summed E-state index contributed by atoms with van der Waals surface area (Å²) >= 11 is 0. The summed E-state index contributed by atoms with van der Waals surface area (Å²) in [4.78, 5) is 7.77. The van der Waals surface area contributed by atoms with Gasteiger partial charge in [0.15, 0.2) is 5.96 Å². The second-order valence-electron chi connectivity index (χ2n) is 6.15. The molecule has 1 aromatic carbocycles. The lowest BCUT2D eigenvalue weighted by Gasteiger charge is -2.22. The Bertz CT molecular complexity index is 553. The highest BCUT2D eigenvalue weighted by atomic mass is 127. The highest BCUT2D eigenvalue weighted by Gasteiger charge is 2.28. The van der Waals surface area contributed by atoms with Gasteiger partial charge in [0.25, 0.3) is 0 Å². The molecule has 1 rings (SSSR count). The summed E-state index contributed by atoms with van der Waals surface area (Å²) in [7, 11) is 5.03. The molecule has 9 heteroatoms. The first-order valence-electron chi connectivity index (χ1n) is 8.63. The van der Waals surface area contributed by atoms with Crippen LogP contribution < -0.4 is 10.1 Å². The van der Waals surface area contributed by atoms with E-state index in [2.05, 4.69) is 10.3 Å². The van der Waals surface area contributed by atoms with Gasteiger partial charge in [-0.15, -0.1) is 24.0 Å². The van der Waals surface area contributed by atoms with Crippen molar-refractivity contribution < 1.29 is 17.9 Å². The molecular weight excluding hydrogens is 472 g/mol. The van der Waals surface area contributed by atoms with Crippen molar-refractivity contribution in [1.29, 1.82) is 0 Å². The van der Waals surface area contributed by atoms with Gasteiger partial charge in [-0.3, -0.25) is 9.89 Å². The van der Waals surface area contributed by atoms with Gasteiger partial charge in [-0.25, -0.2) is 0 Å². The quantitative estimate of drug-likeness (QED) is 0.243. The van der Waals surface area contributed by atoms with Gasteiger partial charge in [0.2, 0.25) is 0 Å². The summed E-state index contributed by atoms with van der Waals surface area (Å²) in [5.74, 6) is 1.54. The third-order valence-corrected chi connectivity index (χ3v) is 3.68. The van der Waals surface area contributed by atoms with E-state index in [9.17, 15) is 13.2 Å². The smallest absolute Gasteiger partial charge is 0.401 e. The number of guanidine groups is 1. The van der Waals surface area contributed by atoms with Crippen LogP contribution >= 0.6 is 24.0 Å². The van der Waals surface area contributed by atoms with Crippen LogP contribution in [0.25, 0.3) is 0 Å². The predicted molar refractivity (Wildman–Crippen MR) is 114 cm³/mol. The number of hydrogen-bond donors (Lipinski definition) is 1. The van der Waals surface area contributed by atoms with Crippen LogP contribution in [0.4, 0.5) is 13.2 Å². The van der Waals surface area contributed by atoms with Gasteiger partial charge in [0.1, 0.15) is 5.75 Å². The third kappa shape index (κ3) is 11.3. The number of hydrogen-bond acceptors (Lipinski definition) is 3. The Kier molecular flexibility index (Phi) is 12.4. The maximum atomic E-state index is 12.3. The number of rotatable bonds is 9. The Labute approximate surface area is 177 Å². The summed E-state index contributed by atoms with van der Waals surface area (Å²) in [5, 5.41) is 3.21. The summed E-state index contributed by atoms with van der Waals surface area (Å²) in [6.45, 7) is 3.30. The first-order chi connectivity index (χ1) is 12.2. The average molecular weight is 502 g/mol. The molecule has 27 heavy (non-hydrogen) atoms. The first-order valence-corrected chi connectivity index (χ1v) is 8.63. The van der Waals surface area contributed by atoms with Crippen LogP contribution in [0.1, 0.15) is 18.9 Å². The van der Waals surface area contributed by atoms with E-state index in [-0.39, 0.29) is 24.0 Å². The van der Waals surface area contributed by atoms with E-state index in [1.165, 1.54) is 11.9 Å². The number of methoxy groups -OCH3 is 1. The number of halogens is 4. The van der Waals surface area contributed by atoms with Gasteiger partial charge in [-0.05, 0) is 44.6 Å². The Balaban J connectivity index is 0.00000676. The molecule has 0 unspecified atom stereocenters. The number of ether oxygens (including phenoxy) is 1. The molecule has 0 fully saturated rings. The predicted octanol–water partition coefficient (Wildman–Crippen LogP) is 3.59. The Morgan fingerprint density at radius 1 is 1.19 bits per heavy atom. The molecule has 0 saturated heterocycles. The third-order valence-electron chi connectivity index (χ3n) is 3.68. The maximum absolute atomic E-state index is 12.3. The van der Waals surface area contributed by atoms with Crippen molar-refractivity contribution >= 4 is 29.9 Å². The highest BCUT2D eigenvalue weighted by Crippen LogP contribution is 2.15. The van der Waals surface area contributed by atoms with Crippen molar-refractivity contribution in [3.05, 3.63) is 29.8 Å². The van der Waals surface area contributed by atoms with Crippen molar-refractivity contribution in [3.63, 3.8) is 0 Å². The van der Waals surface area contributed by atoms with Crippen molar-refractivity contribution in [2.75, 3.05) is 47.4 Å². The van der Waals surface area contributed by atoms with Crippen LogP contribution in [0.15, 0.2) is 29.3 Å². The van der Waals surface area contributed by atoms with Gasteiger partial charge < -0.3 is 15.0 Å². The van der Waals surface area contributed by atoms with Crippen LogP contribution in [0, 0.1) is 0 Å². The van der Waals surface area contributed by atoms with E-state index < -0.39 is 12.7 Å². The molecule has 5 nitrogen and oxygen atoms in total. The topological polar surface area (TPSA) is 40.1 Å². The van der Waals surface area contributed by atoms with Crippen LogP contribution in [0.2, 0.25) is 0 Å². The lowest BCUT2D eigenvalue weighted by Crippen LogP contribution is -2.38. The van der Waals surface area contributed by atoms with E-state index in [4.69, 9.17) is 4.74 Å². The highest BCUT2D eigenvalue weighted by molar-refractivity contribution is 14.0. The number of nitrogens with one attached hydrogen (secondary N) is 1. The van der Waals surface area contributed by atoms with Crippen LogP contribution in [0.5, 0.6) is 5.75 Å². The Morgan fingerprint density at radius 2 is 1.81 bits per heavy atom. The molecule has 0 heterocycles. The minimum atomic E-state index is -4.16. The van der Waals surface area contributed by atoms with E-state index in [1.54, 1.807) is 7.11 Å². The largest absolute Gasteiger partial charge is 0.497 e. The molecule has 0 aliphatic carbocycles. The number of benzene rings is 1. The SMILES string of the molecule is CCNC(=NCCCN(C)CC(F)(F)F)N(C)Cc1ccc(OC)cc1.I. The van der Waals surface area contributed by atoms with E-state index in [1.807, 2.05) is 43.1 Å². The molecule has 0 aliphatic rings. The molecule has 0 saturated carbocycles. The molecule has 1 aromatic rings. The molecule has 0 atom stereocenters. The van der Waals surface area contributed by atoms with Crippen molar-refractivity contribution in [2.45, 2.75) is 26.1 Å². The molecule has 156 valence electrons. The summed E-state index contributed by atoms with van der Waals surface area (Å²) in [6, 6.07) is 7.80. The fraction of sp³-hybridized carbons (Fsp3) is 0.611. The van der Waals surface area contributed by atoms with Crippen molar-refractivity contribution in [2.24, 2.45) is 4.99 Å². The second kappa shape index (κ2) is 13.0. The van der Waals surface area contributed by atoms with Gasteiger partial charge in [0.05, 0.1) is 13.7 Å². The standard InChI is InChI=1S/C18H29F3N4O.HI/c1-5-22-17(23-11-6-12-24(2)14-18(19,20)21)25(3)13-15-7-9-16(26-4)10-8-15;/h7-10H,5-6,11-14H2,1-4H3,(H,22,23);1H. The summed E-state index contributed by atoms with van der Waals surface area (Å²) < 4.78 is 42.1. The minimum Gasteiger partial charge on any atom is -0.497 e. The molecule has 0 aliphatic heterocycles. The average Bonchev–Trinajstić information content (AvgIpc) is 2.56.